The molecule has 0 spiro atoms. The molecule has 7 nitrogen and oxygen atoms in total. The van der Waals surface area contributed by atoms with Crippen molar-refractivity contribution >= 4 is 23.9 Å². The van der Waals surface area contributed by atoms with Crippen LogP contribution in [0.2, 0.25) is 0 Å². The molecule has 0 saturated carbocycles. The molecule has 1 N–H and O–H groups in total. The molecule has 2 saturated heterocycles. The molecule has 1 unspecified atom stereocenters. The van der Waals surface area contributed by atoms with Crippen LogP contribution < -0.4 is 5.32 Å². The predicted molar refractivity (Wildman–Crippen MR) is 136 cm³/mol. The maximum absolute atomic E-state index is 14.0. The number of benzene rings is 2. The van der Waals surface area contributed by atoms with E-state index >= 15 is 0 Å². The average Bonchev–Trinajstić information content (AvgIpc) is 3.11. The van der Waals surface area contributed by atoms with Gasteiger partial charge in [0.15, 0.2) is 0 Å². The molecule has 0 radical (unpaired) electrons. The van der Waals surface area contributed by atoms with Gasteiger partial charge in [0.25, 0.3) is 5.91 Å². The van der Waals surface area contributed by atoms with Crippen molar-refractivity contribution in [3.63, 3.8) is 0 Å². The number of carbonyl (C=O) groups excluding carboxylic acids is 3. The third-order valence-electron chi connectivity index (χ3n) is 7.07. The van der Waals surface area contributed by atoms with Crippen LogP contribution in [-0.4, -0.2) is 78.4 Å². The highest BCUT2D eigenvalue weighted by Gasteiger charge is 2.55. The molecule has 2 aromatic carbocycles. The molecule has 2 fully saturated rings. The number of urea groups is 1. The summed E-state index contributed by atoms with van der Waals surface area (Å²) >= 11 is 0. The molecule has 36 heavy (non-hydrogen) atoms. The molecular formula is C28H33FN4O3. The topological polar surface area (TPSA) is 73.0 Å². The Kier molecular flexibility index (Phi) is 7.84. The molecule has 190 valence electrons. The van der Waals surface area contributed by atoms with Crippen LogP contribution in [0.5, 0.6) is 0 Å². The summed E-state index contributed by atoms with van der Waals surface area (Å²) in [6, 6.07) is 15.4. The first-order valence-electron chi connectivity index (χ1n) is 12.3. The minimum absolute atomic E-state index is 0.0779. The zero-order chi connectivity index (χ0) is 25.7. The summed E-state index contributed by atoms with van der Waals surface area (Å²) in [7, 11) is 3.77. The molecule has 1 atom stereocenters. The minimum atomic E-state index is -1.16. The Morgan fingerprint density at radius 2 is 1.83 bits per heavy atom. The summed E-state index contributed by atoms with van der Waals surface area (Å²) in [5.41, 5.74) is 0.445. The average molecular weight is 493 g/mol. The Hall–Kier alpha value is -3.52. The Labute approximate surface area is 211 Å². The van der Waals surface area contributed by atoms with Crippen LogP contribution in [0.15, 0.2) is 60.7 Å². The molecular weight excluding hydrogens is 459 g/mol. The lowest BCUT2D eigenvalue weighted by atomic mass is 9.74. The van der Waals surface area contributed by atoms with Crippen LogP contribution in [0, 0.1) is 11.7 Å². The van der Waals surface area contributed by atoms with Crippen molar-refractivity contribution in [2.45, 2.75) is 24.8 Å². The SMILES string of the molecule is CN(C)CCN1C(=O)NC(Cc2cccc(F)c2)(C2CCN(C(=O)/C=C/c3ccccc3)CC2)C1=O. The third kappa shape index (κ3) is 5.65. The van der Waals surface area contributed by atoms with Crippen LogP contribution in [0.4, 0.5) is 9.18 Å². The standard InChI is InChI=1S/C28H33FN4O3/c1-31(2)17-18-33-26(35)28(30-27(33)36,20-22-9-6-10-24(29)19-22)23-13-15-32(16-14-23)25(34)12-11-21-7-4-3-5-8-21/h3-12,19,23H,13-18,20H2,1-2H3,(H,30,36)/b12-11+. The Morgan fingerprint density at radius 1 is 1.11 bits per heavy atom. The monoisotopic (exact) mass is 492 g/mol. The Bertz CT molecular complexity index is 1130. The van der Waals surface area contributed by atoms with Gasteiger partial charge >= 0.3 is 6.03 Å². The molecule has 2 aliphatic heterocycles. The van der Waals surface area contributed by atoms with Gasteiger partial charge in [-0.05, 0) is 62.2 Å². The lowest BCUT2D eigenvalue weighted by molar-refractivity contribution is -0.134. The van der Waals surface area contributed by atoms with Gasteiger partial charge < -0.3 is 15.1 Å². The van der Waals surface area contributed by atoms with Gasteiger partial charge in [-0.15, -0.1) is 0 Å². The van der Waals surface area contributed by atoms with Gasteiger partial charge in [-0.2, -0.15) is 0 Å². The fourth-order valence-corrected chi connectivity index (χ4v) is 5.09. The largest absolute Gasteiger partial charge is 0.339 e. The summed E-state index contributed by atoms with van der Waals surface area (Å²) in [4.78, 5) is 44.4. The number of carbonyl (C=O) groups is 3. The number of likely N-dealkylation sites (N-methyl/N-ethyl adjacent to an activating group) is 1. The molecule has 4 rings (SSSR count). The van der Waals surface area contributed by atoms with E-state index in [0.717, 1.165) is 5.56 Å². The molecule has 2 heterocycles. The number of halogens is 1. The number of hydrogen-bond donors (Lipinski definition) is 1. The van der Waals surface area contributed by atoms with E-state index in [9.17, 15) is 18.8 Å². The van der Waals surface area contributed by atoms with E-state index in [4.69, 9.17) is 0 Å². The Morgan fingerprint density at radius 3 is 2.50 bits per heavy atom. The van der Waals surface area contributed by atoms with Crippen molar-refractivity contribution in [3.8, 4) is 0 Å². The first kappa shape index (κ1) is 25.6. The second-order valence-electron chi connectivity index (χ2n) is 9.81. The molecule has 2 aromatic rings. The number of hydrogen-bond acceptors (Lipinski definition) is 4. The van der Waals surface area contributed by atoms with Gasteiger partial charge in [-0.3, -0.25) is 14.5 Å². The number of rotatable bonds is 8. The van der Waals surface area contributed by atoms with Crippen LogP contribution in [0.3, 0.4) is 0 Å². The lowest BCUT2D eigenvalue weighted by Gasteiger charge is -2.41. The molecule has 8 heteroatoms. The Balaban J connectivity index is 1.51. The number of amides is 4. The maximum Gasteiger partial charge on any atom is 0.325 e. The maximum atomic E-state index is 14.0. The van der Waals surface area contributed by atoms with Gasteiger partial charge in [0.2, 0.25) is 5.91 Å². The summed E-state index contributed by atoms with van der Waals surface area (Å²) < 4.78 is 14.0. The molecule has 0 bridgehead atoms. The highest BCUT2D eigenvalue weighted by Crippen LogP contribution is 2.36. The zero-order valence-electron chi connectivity index (χ0n) is 20.8. The summed E-state index contributed by atoms with van der Waals surface area (Å²) in [5, 5.41) is 3.00. The van der Waals surface area contributed by atoms with Crippen LogP contribution in [0.25, 0.3) is 6.08 Å². The second kappa shape index (κ2) is 11.0. The third-order valence-corrected chi connectivity index (χ3v) is 7.07. The van der Waals surface area contributed by atoms with Gasteiger partial charge in [-0.25, -0.2) is 9.18 Å². The minimum Gasteiger partial charge on any atom is -0.339 e. The van der Waals surface area contributed by atoms with Crippen LogP contribution in [-0.2, 0) is 16.0 Å². The fourth-order valence-electron chi connectivity index (χ4n) is 5.09. The van der Waals surface area contributed by atoms with Crippen molar-refractivity contribution in [2.75, 3.05) is 40.3 Å². The van der Waals surface area contributed by atoms with E-state index in [-0.39, 0.29) is 36.5 Å². The van der Waals surface area contributed by atoms with E-state index < -0.39 is 11.6 Å². The smallest absolute Gasteiger partial charge is 0.325 e. The summed E-state index contributed by atoms with van der Waals surface area (Å²) in [6.07, 6.45) is 4.70. The van der Waals surface area contributed by atoms with E-state index in [1.54, 1.807) is 29.2 Å². The first-order chi connectivity index (χ1) is 17.3. The van der Waals surface area contributed by atoms with Crippen molar-refractivity contribution in [2.24, 2.45) is 5.92 Å². The normalized spacial score (nSPS) is 21.0. The van der Waals surface area contributed by atoms with E-state index in [1.807, 2.05) is 49.3 Å². The molecule has 0 aliphatic carbocycles. The van der Waals surface area contributed by atoms with Crippen molar-refractivity contribution in [3.05, 3.63) is 77.6 Å². The number of piperidine rings is 1. The van der Waals surface area contributed by atoms with Gasteiger partial charge in [0.05, 0.1) is 0 Å². The fraction of sp³-hybridized carbons (Fsp3) is 0.393. The van der Waals surface area contributed by atoms with Gasteiger partial charge in [0.1, 0.15) is 11.4 Å². The summed E-state index contributed by atoms with van der Waals surface area (Å²) in [6.45, 7) is 1.79. The molecule has 0 aromatic heterocycles. The van der Waals surface area contributed by atoms with Gasteiger partial charge in [-0.1, -0.05) is 42.5 Å². The van der Waals surface area contributed by atoms with Crippen molar-refractivity contribution < 1.29 is 18.8 Å². The zero-order valence-corrected chi connectivity index (χ0v) is 20.8. The lowest BCUT2D eigenvalue weighted by Crippen LogP contribution is -2.58. The highest BCUT2D eigenvalue weighted by molar-refractivity contribution is 6.07. The molecule has 2 aliphatic rings. The number of nitrogens with one attached hydrogen (secondary N) is 1. The first-order valence-corrected chi connectivity index (χ1v) is 12.3. The second-order valence-corrected chi connectivity index (χ2v) is 9.81. The van der Waals surface area contributed by atoms with Gasteiger partial charge in [0, 0.05) is 38.7 Å². The van der Waals surface area contributed by atoms with E-state index in [2.05, 4.69) is 5.32 Å². The van der Waals surface area contributed by atoms with E-state index in [1.165, 1.54) is 17.0 Å². The van der Waals surface area contributed by atoms with Crippen LogP contribution >= 0.6 is 0 Å². The van der Waals surface area contributed by atoms with Crippen molar-refractivity contribution in [1.29, 1.82) is 0 Å². The molecule has 4 amide bonds. The highest BCUT2D eigenvalue weighted by atomic mass is 19.1. The number of nitrogens with zero attached hydrogens (tertiary/aromatic N) is 3. The predicted octanol–water partition coefficient (Wildman–Crippen LogP) is 3.17. The number of likely N-dealkylation sites (tertiary alicyclic amines) is 1. The quantitative estimate of drug-likeness (QED) is 0.454. The van der Waals surface area contributed by atoms with Crippen LogP contribution in [0.1, 0.15) is 24.0 Å². The number of imide groups is 1. The van der Waals surface area contributed by atoms with Crippen molar-refractivity contribution in [1.82, 2.24) is 20.0 Å². The summed E-state index contributed by atoms with van der Waals surface area (Å²) in [5.74, 6) is -0.906. The van der Waals surface area contributed by atoms with E-state index in [0.29, 0.717) is 38.0 Å².